The van der Waals surface area contributed by atoms with Crippen molar-refractivity contribution in [3.05, 3.63) is 63.4 Å². The van der Waals surface area contributed by atoms with Crippen LogP contribution >= 0.6 is 11.6 Å². The molecule has 7 heteroatoms. The number of esters is 1. The number of benzene rings is 1. The second kappa shape index (κ2) is 8.97. The first kappa shape index (κ1) is 20.7. The summed E-state index contributed by atoms with van der Waals surface area (Å²) in [6, 6.07) is 11.5. The van der Waals surface area contributed by atoms with Crippen molar-refractivity contribution < 1.29 is 14.3 Å². The van der Waals surface area contributed by atoms with Crippen LogP contribution < -0.4 is 5.32 Å². The first-order valence-corrected chi connectivity index (χ1v) is 9.76. The van der Waals surface area contributed by atoms with Gasteiger partial charge >= 0.3 is 5.97 Å². The predicted molar refractivity (Wildman–Crippen MR) is 110 cm³/mol. The Hall–Kier alpha value is -3.04. The highest BCUT2D eigenvalue weighted by Gasteiger charge is 2.27. The number of halogens is 1. The largest absolute Gasteiger partial charge is 0.451 e. The molecular formula is C22H22ClN3O3. The summed E-state index contributed by atoms with van der Waals surface area (Å²) in [5.74, 6) is -1.29. The Morgan fingerprint density at radius 3 is 2.72 bits per heavy atom. The van der Waals surface area contributed by atoms with Gasteiger partial charge in [0.15, 0.2) is 6.61 Å². The Balaban J connectivity index is 1.58. The SMILES string of the molecule is Cc1cc(/C=C(\C#N)C(=O)OCC(=O)NCc2ccccc2Cl)c(C)n1C1CC1. The molecule has 0 spiro atoms. The third-order valence-electron chi connectivity index (χ3n) is 4.84. The van der Waals surface area contributed by atoms with E-state index in [-0.39, 0.29) is 12.1 Å². The number of nitrogens with one attached hydrogen (secondary N) is 1. The van der Waals surface area contributed by atoms with Crippen LogP contribution in [0, 0.1) is 25.2 Å². The minimum atomic E-state index is -0.823. The Kier molecular flexibility index (Phi) is 6.40. The quantitative estimate of drug-likeness (QED) is 0.426. The number of aryl methyl sites for hydroxylation is 1. The second-order valence-electron chi connectivity index (χ2n) is 7.04. The zero-order chi connectivity index (χ0) is 21.0. The number of carbonyl (C=O) groups excluding carboxylic acids is 2. The van der Waals surface area contributed by atoms with Gasteiger partial charge in [0.1, 0.15) is 11.6 Å². The maximum Gasteiger partial charge on any atom is 0.349 e. The van der Waals surface area contributed by atoms with Gasteiger partial charge in [-0.05, 0) is 56.0 Å². The second-order valence-corrected chi connectivity index (χ2v) is 7.45. The number of nitrogens with zero attached hydrogens (tertiary/aromatic N) is 2. The van der Waals surface area contributed by atoms with Crippen LogP contribution in [0.5, 0.6) is 0 Å². The highest BCUT2D eigenvalue weighted by atomic mass is 35.5. The highest BCUT2D eigenvalue weighted by Crippen LogP contribution is 2.38. The van der Waals surface area contributed by atoms with Crippen LogP contribution in [0.2, 0.25) is 5.02 Å². The number of nitriles is 1. The first-order chi connectivity index (χ1) is 13.9. The van der Waals surface area contributed by atoms with Crippen molar-refractivity contribution in [1.82, 2.24) is 9.88 Å². The lowest BCUT2D eigenvalue weighted by atomic mass is 10.1. The van der Waals surface area contributed by atoms with Gasteiger partial charge in [0, 0.05) is 29.0 Å². The molecule has 1 heterocycles. The predicted octanol–water partition coefficient (Wildman–Crippen LogP) is 3.86. The van der Waals surface area contributed by atoms with Gasteiger partial charge < -0.3 is 14.6 Å². The molecule has 1 N–H and O–H groups in total. The van der Waals surface area contributed by atoms with Crippen LogP contribution in [0.25, 0.3) is 6.08 Å². The van der Waals surface area contributed by atoms with E-state index in [9.17, 15) is 14.9 Å². The van der Waals surface area contributed by atoms with Crippen LogP contribution in [0.4, 0.5) is 0 Å². The molecule has 1 aromatic carbocycles. The summed E-state index contributed by atoms with van der Waals surface area (Å²) in [6.45, 7) is 3.74. The normalized spacial score (nSPS) is 13.7. The van der Waals surface area contributed by atoms with Crippen molar-refractivity contribution in [2.75, 3.05) is 6.61 Å². The standard InChI is InChI=1S/C22H22ClN3O3/c1-14-9-17(15(2)26(14)19-7-8-19)10-18(11-24)22(28)29-13-21(27)25-12-16-5-3-4-6-20(16)23/h3-6,9-10,19H,7-8,12-13H2,1-2H3,(H,25,27)/b18-10+. The Morgan fingerprint density at radius 1 is 1.34 bits per heavy atom. The van der Waals surface area contributed by atoms with Gasteiger partial charge in [-0.15, -0.1) is 0 Å². The zero-order valence-electron chi connectivity index (χ0n) is 16.4. The molecule has 6 nitrogen and oxygen atoms in total. The van der Waals surface area contributed by atoms with E-state index in [4.69, 9.17) is 16.3 Å². The fourth-order valence-corrected chi connectivity index (χ4v) is 3.43. The Labute approximate surface area is 174 Å². The number of aromatic nitrogens is 1. The molecule has 0 atom stereocenters. The average molecular weight is 412 g/mol. The lowest BCUT2D eigenvalue weighted by molar-refractivity contribution is -0.144. The van der Waals surface area contributed by atoms with Gasteiger partial charge in [0.2, 0.25) is 0 Å². The average Bonchev–Trinajstić information content (AvgIpc) is 3.49. The maximum atomic E-state index is 12.2. The monoisotopic (exact) mass is 411 g/mol. The summed E-state index contributed by atoms with van der Waals surface area (Å²) in [7, 11) is 0. The molecule has 0 saturated heterocycles. The highest BCUT2D eigenvalue weighted by molar-refractivity contribution is 6.31. The molecule has 1 saturated carbocycles. The van der Waals surface area contributed by atoms with Gasteiger partial charge in [0.05, 0.1) is 0 Å². The van der Waals surface area contributed by atoms with Gasteiger partial charge in [-0.25, -0.2) is 4.79 Å². The number of carbonyl (C=O) groups is 2. The molecule has 29 heavy (non-hydrogen) atoms. The first-order valence-electron chi connectivity index (χ1n) is 9.38. The maximum absolute atomic E-state index is 12.2. The summed E-state index contributed by atoms with van der Waals surface area (Å²) < 4.78 is 7.23. The fourth-order valence-electron chi connectivity index (χ4n) is 3.23. The Bertz CT molecular complexity index is 1010. The minimum absolute atomic E-state index is 0.139. The van der Waals surface area contributed by atoms with Crippen LogP contribution in [0.3, 0.4) is 0 Å². The van der Waals surface area contributed by atoms with E-state index in [1.807, 2.05) is 32.0 Å². The van der Waals surface area contributed by atoms with Crippen LogP contribution in [-0.4, -0.2) is 23.1 Å². The topological polar surface area (TPSA) is 84.1 Å². The van der Waals surface area contributed by atoms with Crippen LogP contribution in [0.1, 0.15) is 41.4 Å². The lowest BCUT2D eigenvalue weighted by Gasteiger charge is -2.08. The van der Waals surface area contributed by atoms with E-state index < -0.39 is 18.5 Å². The molecule has 0 aliphatic heterocycles. The van der Waals surface area contributed by atoms with E-state index >= 15 is 0 Å². The number of amides is 1. The third-order valence-corrected chi connectivity index (χ3v) is 5.21. The van der Waals surface area contributed by atoms with E-state index in [0.717, 1.165) is 35.4 Å². The van der Waals surface area contributed by atoms with Crippen molar-refractivity contribution in [2.45, 2.75) is 39.3 Å². The van der Waals surface area contributed by atoms with Gasteiger partial charge in [-0.2, -0.15) is 5.26 Å². The van der Waals surface area contributed by atoms with Crippen molar-refractivity contribution in [3.8, 4) is 6.07 Å². The van der Waals surface area contributed by atoms with Crippen molar-refractivity contribution >= 4 is 29.6 Å². The van der Waals surface area contributed by atoms with Crippen molar-refractivity contribution in [3.63, 3.8) is 0 Å². The van der Waals surface area contributed by atoms with Gasteiger partial charge in [-0.1, -0.05) is 29.8 Å². The Morgan fingerprint density at radius 2 is 2.07 bits per heavy atom. The van der Waals surface area contributed by atoms with E-state index in [0.29, 0.717) is 11.1 Å². The molecule has 3 rings (SSSR count). The summed E-state index contributed by atoms with van der Waals surface area (Å²) in [4.78, 5) is 24.2. The van der Waals surface area contributed by atoms with Crippen LogP contribution in [-0.2, 0) is 20.9 Å². The molecule has 1 amide bonds. The lowest BCUT2D eigenvalue weighted by Crippen LogP contribution is -2.28. The molecule has 1 aromatic heterocycles. The van der Waals surface area contributed by atoms with E-state index in [1.54, 1.807) is 18.2 Å². The van der Waals surface area contributed by atoms with E-state index in [2.05, 4.69) is 9.88 Å². The summed E-state index contributed by atoms with van der Waals surface area (Å²) in [6.07, 6.45) is 3.82. The van der Waals surface area contributed by atoms with Crippen molar-refractivity contribution in [1.29, 1.82) is 5.26 Å². The molecule has 1 fully saturated rings. The number of rotatable bonds is 7. The summed E-state index contributed by atoms with van der Waals surface area (Å²) in [5, 5.41) is 12.5. The molecule has 1 aliphatic carbocycles. The summed E-state index contributed by atoms with van der Waals surface area (Å²) in [5.41, 5.74) is 3.55. The molecule has 150 valence electrons. The van der Waals surface area contributed by atoms with Gasteiger partial charge in [-0.3, -0.25) is 4.79 Å². The van der Waals surface area contributed by atoms with Crippen molar-refractivity contribution in [2.24, 2.45) is 0 Å². The molecule has 1 aliphatic rings. The molecule has 0 radical (unpaired) electrons. The number of hydrogen-bond donors (Lipinski definition) is 1. The zero-order valence-corrected chi connectivity index (χ0v) is 17.1. The number of ether oxygens (including phenoxy) is 1. The van der Waals surface area contributed by atoms with Crippen LogP contribution in [0.15, 0.2) is 35.9 Å². The third kappa shape index (κ3) is 5.07. The smallest absolute Gasteiger partial charge is 0.349 e. The molecule has 2 aromatic rings. The fraction of sp³-hybridized carbons (Fsp3) is 0.318. The number of hydrogen-bond acceptors (Lipinski definition) is 4. The molecular weight excluding hydrogens is 390 g/mol. The van der Waals surface area contributed by atoms with Gasteiger partial charge in [0.25, 0.3) is 5.91 Å². The molecule has 0 unspecified atom stereocenters. The van der Waals surface area contributed by atoms with E-state index in [1.165, 1.54) is 6.08 Å². The minimum Gasteiger partial charge on any atom is -0.451 e. The molecule has 0 bridgehead atoms. The summed E-state index contributed by atoms with van der Waals surface area (Å²) >= 11 is 6.04.